The number of benzene rings is 3. The first kappa shape index (κ1) is 23.6. The van der Waals surface area contributed by atoms with Crippen molar-refractivity contribution in [2.45, 2.75) is 32.1 Å². The summed E-state index contributed by atoms with van der Waals surface area (Å²) in [7, 11) is 0. The summed E-state index contributed by atoms with van der Waals surface area (Å²) in [5, 5.41) is 10.4. The number of nitrogens with zero attached hydrogens (tertiary/aromatic N) is 3. The van der Waals surface area contributed by atoms with Gasteiger partial charge >= 0.3 is 12.1 Å². The molecule has 0 saturated heterocycles. The minimum atomic E-state index is -1.08. The Morgan fingerprint density at radius 1 is 0.800 bits per heavy atom. The van der Waals surface area contributed by atoms with Gasteiger partial charge in [0, 0.05) is 6.42 Å². The van der Waals surface area contributed by atoms with E-state index in [2.05, 4.69) is 15.6 Å². The quantitative estimate of drug-likeness (QED) is 0.368. The molecule has 1 atom stereocenters. The van der Waals surface area contributed by atoms with E-state index in [9.17, 15) is 14.4 Å². The van der Waals surface area contributed by atoms with Crippen LogP contribution < -0.4 is 5.32 Å². The number of esters is 1. The van der Waals surface area contributed by atoms with Gasteiger partial charge in [-0.05, 0) is 29.7 Å². The maximum absolute atomic E-state index is 12.8. The van der Waals surface area contributed by atoms with Crippen molar-refractivity contribution < 1.29 is 23.9 Å². The van der Waals surface area contributed by atoms with Gasteiger partial charge in [0.15, 0.2) is 0 Å². The number of hydrogen-bond acceptors (Lipinski definition) is 7. The molecule has 0 aliphatic rings. The Morgan fingerprint density at radius 3 is 2.09 bits per heavy atom. The topological polar surface area (TPSA) is 112 Å². The van der Waals surface area contributed by atoms with Crippen LogP contribution in [0.3, 0.4) is 0 Å². The molecule has 1 N–H and O–H groups in total. The van der Waals surface area contributed by atoms with Gasteiger partial charge in [0.25, 0.3) is 0 Å². The number of carbonyl (C=O) groups is 3. The lowest BCUT2D eigenvalue weighted by Crippen LogP contribution is -2.42. The lowest BCUT2D eigenvalue weighted by atomic mass is 10.1. The summed E-state index contributed by atoms with van der Waals surface area (Å²) < 4.78 is 11.8. The first-order valence-electron chi connectivity index (χ1n) is 11.1. The van der Waals surface area contributed by atoms with Crippen LogP contribution in [0.15, 0.2) is 84.9 Å². The number of ether oxygens (including phenoxy) is 2. The summed E-state index contributed by atoms with van der Waals surface area (Å²) in [6.07, 6.45) is -0.854. The standard InChI is InChI=1S/C26H24N4O5/c31-24(30-23-14-8-7-13-21(23)28-29-30)16-15-22(25(32)34-17-19-9-3-1-4-10-19)27-26(33)35-18-20-11-5-2-6-12-20/h1-14,22H,15-18H2,(H,27,33)/t22-/m0/s1. The highest BCUT2D eigenvalue weighted by Crippen LogP contribution is 2.12. The van der Waals surface area contributed by atoms with Crippen molar-refractivity contribution in [3.8, 4) is 0 Å². The predicted octanol–water partition coefficient (Wildman–Crippen LogP) is 3.89. The largest absolute Gasteiger partial charge is 0.459 e. The van der Waals surface area contributed by atoms with E-state index in [-0.39, 0.29) is 32.0 Å². The van der Waals surface area contributed by atoms with E-state index in [1.807, 2.05) is 60.7 Å². The summed E-state index contributed by atoms with van der Waals surface area (Å²) in [5.41, 5.74) is 2.76. The summed E-state index contributed by atoms with van der Waals surface area (Å²) in [6, 6.07) is 24.3. The summed E-state index contributed by atoms with van der Waals surface area (Å²) in [5.74, 6) is -1.03. The Kier molecular flexibility index (Phi) is 7.80. The van der Waals surface area contributed by atoms with Crippen molar-refractivity contribution in [3.63, 3.8) is 0 Å². The zero-order chi connectivity index (χ0) is 24.5. The molecule has 0 fully saturated rings. The number of carbonyl (C=O) groups excluding carboxylic acids is 3. The molecule has 0 spiro atoms. The van der Waals surface area contributed by atoms with E-state index < -0.39 is 18.1 Å². The zero-order valence-electron chi connectivity index (χ0n) is 18.9. The summed E-state index contributed by atoms with van der Waals surface area (Å²) in [4.78, 5) is 38.0. The molecule has 0 aliphatic carbocycles. The molecule has 0 bridgehead atoms. The highest BCUT2D eigenvalue weighted by atomic mass is 16.6. The summed E-state index contributed by atoms with van der Waals surface area (Å²) in [6.45, 7) is 0.0842. The van der Waals surface area contributed by atoms with Crippen molar-refractivity contribution in [2.24, 2.45) is 0 Å². The first-order valence-corrected chi connectivity index (χ1v) is 11.1. The highest BCUT2D eigenvalue weighted by Gasteiger charge is 2.25. The van der Waals surface area contributed by atoms with Crippen LogP contribution in [0.4, 0.5) is 4.79 Å². The Morgan fingerprint density at radius 2 is 1.40 bits per heavy atom. The fourth-order valence-corrected chi connectivity index (χ4v) is 3.41. The van der Waals surface area contributed by atoms with E-state index in [0.717, 1.165) is 11.1 Å². The third kappa shape index (κ3) is 6.50. The van der Waals surface area contributed by atoms with Gasteiger partial charge in [0.2, 0.25) is 5.91 Å². The average molecular weight is 473 g/mol. The molecule has 9 nitrogen and oxygen atoms in total. The molecule has 4 aromatic rings. The fraction of sp³-hybridized carbons (Fsp3) is 0.192. The number of rotatable bonds is 9. The van der Waals surface area contributed by atoms with Crippen molar-refractivity contribution >= 4 is 29.0 Å². The Hall–Kier alpha value is -4.53. The molecule has 1 aromatic heterocycles. The van der Waals surface area contributed by atoms with E-state index in [1.165, 1.54) is 4.68 Å². The molecule has 1 heterocycles. The van der Waals surface area contributed by atoms with Gasteiger partial charge in [-0.15, -0.1) is 5.10 Å². The highest BCUT2D eigenvalue weighted by molar-refractivity contribution is 5.89. The SMILES string of the molecule is O=C(N[C@@H](CCC(=O)n1nnc2ccccc21)C(=O)OCc1ccccc1)OCc1ccccc1. The molecule has 178 valence electrons. The van der Waals surface area contributed by atoms with Crippen molar-refractivity contribution in [1.29, 1.82) is 0 Å². The van der Waals surface area contributed by atoms with E-state index >= 15 is 0 Å². The zero-order valence-corrected chi connectivity index (χ0v) is 18.9. The molecular weight excluding hydrogens is 448 g/mol. The molecule has 0 aliphatic heterocycles. The van der Waals surface area contributed by atoms with Crippen LogP contribution in [-0.4, -0.2) is 39.0 Å². The van der Waals surface area contributed by atoms with Crippen LogP contribution in [-0.2, 0) is 27.5 Å². The third-order valence-electron chi connectivity index (χ3n) is 5.25. The minimum Gasteiger partial charge on any atom is -0.459 e. The van der Waals surface area contributed by atoms with Gasteiger partial charge in [0.1, 0.15) is 24.8 Å². The number of fused-ring (bicyclic) bond motifs is 1. The van der Waals surface area contributed by atoms with Gasteiger partial charge in [-0.1, -0.05) is 78.0 Å². The predicted molar refractivity (Wildman–Crippen MR) is 127 cm³/mol. The molecule has 9 heteroatoms. The number of amides is 1. The lowest BCUT2D eigenvalue weighted by molar-refractivity contribution is -0.147. The van der Waals surface area contributed by atoms with E-state index in [1.54, 1.807) is 24.3 Å². The smallest absolute Gasteiger partial charge is 0.408 e. The van der Waals surface area contributed by atoms with Crippen molar-refractivity contribution in [2.75, 3.05) is 0 Å². The van der Waals surface area contributed by atoms with E-state index in [4.69, 9.17) is 9.47 Å². The number of hydrogen-bond donors (Lipinski definition) is 1. The van der Waals surface area contributed by atoms with E-state index in [0.29, 0.717) is 11.0 Å². The van der Waals surface area contributed by atoms with Gasteiger partial charge < -0.3 is 14.8 Å². The third-order valence-corrected chi connectivity index (χ3v) is 5.25. The van der Waals surface area contributed by atoms with Crippen LogP contribution >= 0.6 is 0 Å². The molecular formula is C26H24N4O5. The molecule has 0 radical (unpaired) electrons. The minimum absolute atomic E-state index is 0.00107. The van der Waals surface area contributed by atoms with Crippen LogP contribution in [0.5, 0.6) is 0 Å². The van der Waals surface area contributed by atoms with Gasteiger partial charge in [0.05, 0.1) is 5.52 Å². The van der Waals surface area contributed by atoms with Crippen molar-refractivity contribution in [3.05, 3.63) is 96.1 Å². The molecule has 35 heavy (non-hydrogen) atoms. The fourth-order valence-electron chi connectivity index (χ4n) is 3.41. The Bertz CT molecular complexity index is 1290. The van der Waals surface area contributed by atoms with Crippen LogP contribution in [0.25, 0.3) is 11.0 Å². The van der Waals surface area contributed by atoms with Crippen molar-refractivity contribution in [1.82, 2.24) is 20.3 Å². The second-order valence-electron chi connectivity index (χ2n) is 7.77. The number of alkyl carbamates (subject to hydrolysis) is 1. The first-order chi connectivity index (χ1) is 17.1. The maximum atomic E-state index is 12.8. The molecule has 0 saturated carbocycles. The molecule has 0 unspecified atom stereocenters. The van der Waals surface area contributed by atoms with Gasteiger partial charge in [-0.2, -0.15) is 4.68 Å². The second-order valence-corrected chi connectivity index (χ2v) is 7.77. The monoisotopic (exact) mass is 472 g/mol. The lowest BCUT2D eigenvalue weighted by Gasteiger charge is -2.17. The van der Waals surface area contributed by atoms with Gasteiger partial charge in [-0.3, -0.25) is 4.79 Å². The van der Waals surface area contributed by atoms with Crippen LogP contribution in [0, 0.1) is 0 Å². The van der Waals surface area contributed by atoms with Crippen LogP contribution in [0.1, 0.15) is 28.8 Å². The molecule has 3 aromatic carbocycles. The Balaban J connectivity index is 1.39. The number of aromatic nitrogens is 3. The molecule has 4 rings (SSSR count). The molecule has 1 amide bonds. The van der Waals surface area contributed by atoms with Crippen LogP contribution in [0.2, 0.25) is 0 Å². The summed E-state index contributed by atoms with van der Waals surface area (Å²) >= 11 is 0. The normalized spacial score (nSPS) is 11.5. The number of nitrogens with one attached hydrogen (secondary N) is 1. The maximum Gasteiger partial charge on any atom is 0.408 e. The number of para-hydroxylation sites is 1. The second kappa shape index (κ2) is 11.6. The average Bonchev–Trinajstić information content (AvgIpc) is 3.34. The Labute approximate surface area is 201 Å². The van der Waals surface area contributed by atoms with Gasteiger partial charge in [-0.25, -0.2) is 9.59 Å².